The van der Waals surface area contributed by atoms with Crippen LogP contribution in [0.15, 0.2) is 34.9 Å². The van der Waals surface area contributed by atoms with Crippen molar-refractivity contribution in [3.8, 4) is 11.3 Å². The van der Waals surface area contributed by atoms with Gasteiger partial charge < -0.3 is 10.3 Å². The van der Waals surface area contributed by atoms with E-state index in [9.17, 15) is 0 Å². The minimum atomic E-state index is 0.541. The second kappa shape index (κ2) is 3.88. The first-order chi connectivity index (χ1) is 8.56. The Morgan fingerprint density at radius 1 is 1.22 bits per heavy atom. The molecule has 2 aromatic heterocycles. The van der Waals surface area contributed by atoms with Gasteiger partial charge >= 0.3 is 0 Å². The first-order valence-electron chi connectivity index (χ1n) is 5.61. The van der Waals surface area contributed by atoms with Crippen LogP contribution in [0.25, 0.3) is 22.2 Å². The maximum absolute atomic E-state index is 5.75. The lowest BCUT2D eigenvalue weighted by Crippen LogP contribution is -1.94. The summed E-state index contributed by atoms with van der Waals surface area (Å²) >= 11 is 3.52. The number of anilines is 1. The van der Waals surface area contributed by atoms with Gasteiger partial charge in [0.05, 0.1) is 5.69 Å². The number of nitrogens with two attached hydrogens (primary N) is 1. The number of fused-ring (bicyclic) bond motifs is 1. The van der Waals surface area contributed by atoms with Gasteiger partial charge in [-0.2, -0.15) is 5.10 Å². The molecule has 0 saturated carbocycles. The van der Waals surface area contributed by atoms with E-state index < -0.39 is 0 Å². The van der Waals surface area contributed by atoms with Crippen molar-refractivity contribution in [3.05, 3.63) is 34.9 Å². The third-order valence-corrected chi connectivity index (χ3v) is 3.62. The summed E-state index contributed by atoms with van der Waals surface area (Å²) in [5.74, 6) is 0.541. The number of rotatable bonds is 1. The molecular formula is C13H13BrN4. The van der Waals surface area contributed by atoms with Gasteiger partial charge in [0.25, 0.3) is 0 Å². The van der Waals surface area contributed by atoms with Gasteiger partial charge in [0.1, 0.15) is 5.82 Å². The van der Waals surface area contributed by atoms with Gasteiger partial charge in [0, 0.05) is 47.3 Å². The average molecular weight is 305 g/mol. The molecule has 2 N–H and O–H groups in total. The molecule has 92 valence electrons. The molecule has 0 atom stereocenters. The highest BCUT2D eigenvalue weighted by Crippen LogP contribution is 2.32. The van der Waals surface area contributed by atoms with Gasteiger partial charge in [0.2, 0.25) is 0 Å². The van der Waals surface area contributed by atoms with Gasteiger partial charge in [-0.25, -0.2) is 0 Å². The number of aryl methyl sites for hydroxylation is 2. The fourth-order valence-electron chi connectivity index (χ4n) is 2.31. The number of hydrogen-bond acceptors (Lipinski definition) is 2. The summed E-state index contributed by atoms with van der Waals surface area (Å²) in [5, 5.41) is 5.39. The van der Waals surface area contributed by atoms with Crippen LogP contribution in [0.4, 0.5) is 5.82 Å². The molecule has 18 heavy (non-hydrogen) atoms. The third-order valence-electron chi connectivity index (χ3n) is 3.13. The van der Waals surface area contributed by atoms with Gasteiger partial charge in [0.15, 0.2) is 0 Å². The van der Waals surface area contributed by atoms with E-state index in [2.05, 4.69) is 43.9 Å². The normalized spacial score (nSPS) is 11.3. The molecule has 0 aliphatic heterocycles. The number of benzene rings is 1. The maximum atomic E-state index is 5.75. The van der Waals surface area contributed by atoms with Crippen LogP contribution in [0.1, 0.15) is 0 Å². The summed E-state index contributed by atoms with van der Waals surface area (Å²) in [5.41, 5.74) is 9.10. The average Bonchev–Trinajstić information content (AvgIpc) is 2.79. The second-order valence-electron chi connectivity index (χ2n) is 4.39. The van der Waals surface area contributed by atoms with E-state index in [1.807, 2.05) is 30.9 Å². The van der Waals surface area contributed by atoms with Crippen molar-refractivity contribution in [1.82, 2.24) is 14.3 Å². The molecule has 0 aliphatic carbocycles. The molecule has 4 nitrogen and oxygen atoms in total. The van der Waals surface area contributed by atoms with Gasteiger partial charge in [-0.05, 0) is 18.2 Å². The lowest BCUT2D eigenvalue weighted by molar-refractivity contribution is 0.780. The quantitative estimate of drug-likeness (QED) is 0.751. The lowest BCUT2D eigenvalue weighted by atomic mass is 10.1. The Labute approximate surface area is 113 Å². The smallest absolute Gasteiger partial charge is 0.146 e. The molecule has 0 unspecified atom stereocenters. The minimum Gasteiger partial charge on any atom is -0.382 e. The predicted molar refractivity (Wildman–Crippen MR) is 77.2 cm³/mol. The van der Waals surface area contributed by atoms with Crippen molar-refractivity contribution in [2.45, 2.75) is 0 Å². The summed E-state index contributed by atoms with van der Waals surface area (Å²) in [6.07, 6.45) is 2.10. The van der Waals surface area contributed by atoms with E-state index in [-0.39, 0.29) is 0 Å². The molecule has 0 fully saturated rings. The Morgan fingerprint density at radius 2 is 2.00 bits per heavy atom. The Balaban J connectivity index is 2.35. The summed E-state index contributed by atoms with van der Waals surface area (Å²) in [6.45, 7) is 0. The minimum absolute atomic E-state index is 0.541. The van der Waals surface area contributed by atoms with Crippen molar-refractivity contribution >= 4 is 32.7 Å². The van der Waals surface area contributed by atoms with Crippen molar-refractivity contribution in [3.63, 3.8) is 0 Å². The van der Waals surface area contributed by atoms with Crippen molar-refractivity contribution in [2.75, 3.05) is 5.73 Å². The van der Waals surface area contributed by atoms with E-state index in [1.165, 1.54) is 10.9 Å². The van der Waals surface area contributed by atoms with Gasteiger partial charge in [-0.1, -0.05) is 15.9 Å². The highest BCUT2D eigenvalue weighted by atomic mass is 79.9. The van der Waals surface area contributed by atoms with Crippen LogP contribution >= 0.6 is 15.9 Å². The van der Waals surface area contributed by atoms with Crippen molar-refractivity contribution < 1.29 is 0 Å². The first kappa shape index (κ1) is 11.3. The van der Waals surface area contributed by atoms with Crippen LogP contribution in [0, 0.1) is 0 Å². The highest BCUT2D eigenvalue weighted by Gasteiger charge is 2.13. The zero-order valence-corrected chi connectivity index (χ0v) is 11.8. The number of nitrogens with zero attached hydrogens (tertiary/aromatic N) is 3. The molecule has 3 aromatic rings. The molecule has 0 bridgehead atoms. The van der Waals surface area contributed by atoms with E-state index in [0.717, 1.165) is 15.7 Å². The topological polar surface area (TPSA) is 48.8 Å². The highest BCUT2D eigenvalue weighted by molar-refractivity contribution is 9.10. The zero-order chi connectivity index (χ0) is 12.9. The molecule has 5 heteroatoms. The van der Waals surface area contributed by atoms with Gasteiger partial charge in [-0.15, -0.1) is 0 Å². The van der Waals surface area contributed by atoms with Crippen LogP contribution in [-0.2, 0) is 14.1 Å². The van der Waals surface area contributed by atoms with Crippen LogP contribution in [0.3, 0.4) is 0 Å². The van der Waals surface area contributed by atoms with Crippen molar-refractivity contribution in [1.29, 1.82) is 0 Å². The first-order valence-corrected chi connectivity index (χ1v) is 6.40. The molecular weight excluding hydrogens is 292 g/mol. The molecule has 0 aliphatic rings. The molecule has 0 amide bonds. The van der Waals surface area contributed by atoms with Crippen LogP contribution in [-0.4, -0.2) is 14.3 Å². The molecule has 1 aromatic carbocycles. The van der Waals surface area contributed by atoms with E-state index in [1.54, 1.807) is 0 Å². The Hall–Kier alpha value is -1.75. The molecule has 0 radical (unpaired) electrons. The van der Waals surface area contributed by atoms with Crippen LogP contribution in [0.5, 0.6) is 0 Å². The van der Waals surface area contributed by atoms with Crippen LogP contribution < -0.4 is 5.73 Å². The third kappa shape index (κ3) is 1.62. The Bertz CT molecular complexity index is 739. The van der Waals surface area contributed by atoms with E-state index in [0.29, 0.717) is 5.82 Å². The predicted octanol–water partition coefficient (Wildman–Crippen LogP) is 2.92. The molecule has 0 saturated heterocycles. The SMILES string of the molecule is Cn1nc(N)cc1-c1cn(C)c2ccc(Br)cc12. The summed E-state index contributed by atoms with van der Waals surface area (Å²) < 4.78 is 4.99. The summed E-state index contributed by atoms with van der Waals surface area (Å²) in [4.78, 5) is 0. The van der Waals surface area contributed by atoms with Crippen molar-refractivity contribution in [2.24, 2.45) is 14.1 Å². The molecule has 3 rings (SSSR count). The fourth-order valence-corrected chi connectivity index (χ4v) is 2.67. The van der Waals surface area contributed by atoms with Gasteiger partial charge in [-0.3, -0.25) is 4.68 Å². The fraction of sp³-hybridized carbons (Fsp3) is 0.154. The molecule has 2 heterocycles. The number of nitrogen functional groups attached to an aromatic ring is 1. The van der Waals surface area contributed by atoms with E-state index >= 15 is 0 Å². The number of aromatic nitrogens is 3. The summed E-state index contributed by atoms with van der Waals surface area (Å²) in [7, 11) is 3.95. The largest absolute Gasteiger partial charge is 0.382 e. The standard InChI is InChI=1S/C13H13BrN4/c1-17-7-10(12-6-13(15)16-18(12)2)9-5-8(14)3-4-11(9)17/h3-7H,1-2H3,(H2,15,16). The number of hydrogen-bond donors (Lipinski definition) is 1. The Morgan fingerprint density at radius 3 is 2.67 bits per heavy atom. The maximum Gasteiger partial charge on any atom is 0.146 e. The zero-order valence-electron chi connectivity index (χ0n) is 10.2. The second-order valence-corrected chi connectivity index (χ2v) is 5.31. The monoisotopic (exact) mass is 304 g/mol. The molecule has 0 spiro atoms. The van der Waals surface area contributed by atoms with Crippen LogP contribution in [0.2, 0.25) is 0 Å². The number of halogens is 1. The van der Waals surface area contributed by atoms with E-state index in [4.69, 9.17) is 5.73 Å². The lowest BCUT2D eigenvalue weighted by Gasteiger charge is -2.00. The summed E-state index contributed by atoms with van der Waals surface area (Å²) in [6, 6.07) is 8.16. The Kier molecular flexibility index (Phi) is 2.45.